The molecule has 0 fully saturated rings. The van der Waals surface area contributed by atoms with E-state index in [1.807, 2.05) is 0 Å². The topological polar surface area (TPSA) is 25.8 Å². The average Bonchev–Trinajstić information content (AvgIpc) is 1.87. The Kier molecular flexibility index (Phi) is 0.976. The van der Waals surface area contributed by atoms with Crippen LogP contribution in [0, 0.1) is 10.5 Å². The Balaban J connectivity index is 3.04. The number of nitrogens with zero attached hydrogens (tertiary/aromatic N) is 2. The highest BCUT2D eigenvalue weighted by molar-refractivity contribution is 7.07. The minimum Gasteiger partial charge on any atom is -0.171 e. The zero-order chi connectivity index (χ0) is 5.28. The molecule has 0 radical (unpaired) electrons. The van der Waals surface area contributed by atoms with Crippen LogP contribution in [0.3, 0.4) is 0 Å². The van der Waals surface area contributed by atoms with Gasteiger partial charge in [0, 0.05) is 0 Å². The van der Waals surface area contributed by atoms with Crippen LogP contribution in [0.5, 0.6) is 0 Å². The van der Waals surface area contributed by atoms with E-state index in [0.717, 1.165) is 0 Å². The third kappa shape index (κ3) is 0.894. The first-order chi connectivity index (χ1) is 3.29. The molecule has 0 bridgehead atoms. The molecule has 0 spiro atoms. The number of halogens is 2. The van der Waals surface area contributed by atoms with Gasteiger partial charge in [-0.1, -0.05) is 0 Å². The van der Waals surface area contributed by atoms with Gasteiger partial charge in [-0.25, -0.2) is 0 Å². The fourth-order valence-electron chi connectivity index (χ4n) is 0.189. The molecule has 0 aliphatic rings. The van der Waals surface area contributed by atoms with E-state index in [9.17, 15) is 8.78 Å². The van der Waals surface area contributed by atoms with Gasteiger partial charge in [-0.3, -0.25) is 0 Å². The van der Waals surface area contributed by atoms with Crippen LogP contribution in [-0.4, -0.2) is 10.2 Å². The van der Waals surface area contributed by atoms with Crippen molar-refractivity contribution in [2.45, 2.75) is 0 Å². The molecule has 0 aliphatic carbocycles. The predicted molar refractivity (Wildman–Crippen MR) is 19.8 cm³/mol. The standard InChI is InChI=1S/C2F2N2S/c3-1-5-6-2(4)7-1. The summed E-state index contributed by atoms with van der Waals surface area (Å²) in [5.74, 6) is 0. The van der Waals surface area contributed by atoms with Gasteiger partial charge in [-0.15, -0.1) is 10.2 Å². The molecular formula is C2F2N2S. The Bertz CT molecular complexity index is 146. The molecule has 0 unspecified atom stereocenters. The first-order valence-electron chi connectivity index (χ1n) is 1.43. The van der Waals surface area contributed by atoms with E-state index in [1.54, 1.807) is 0 Å². The van der Waals surface area contributed by atoms with Gasteiger partial charge in [-0.2, -0.15) is 8.78 Å². The van der Waals surface area contributed by atoms with Gasteiger partial charge in [0.2, 0.25) is 0 Å². The summed E-state index contributed by atoms with van der Waals surface area (Å²) in [4.78, 5) is 0. The average molecular weight is 122 g/mol. The van der Waals surface area contributed by atoms with E-state index in [0.29, 0.717) is 0 Å². The monoisotopic (exact) mass is 122 g/mol. The molecule has 7 heavy (non-hydrogen) atoms. The van der Waals surface area contributed by atoms with Crippen molar-refractivity contribution in [1.29, 1.82) is 0 Å². The maximum absolute atomic E-state index is 11.5. The van der Waals surface area contributed by atoms with Gasteiger partial charge in [0.25, 0.3) is 10.5 Å². The number of hydrogen-bond donors (Lipinski definition) is 0. The molecule has 0 atom stereocenters. The predicted octanol–water partition coefficient (Wildman–Crippen LogP) is 0.816. The smallest absolute Gasteiger partial charge is 0.171 e. The Hall–Kier alpha value is -0.580. The van der Waals surface area contributed by atoms with Crippen molar-refractivity contribution in [1.82, 2.24) is 10.2 Å². The fourth-order valence-corrected chi connectivity index (χ4v) is 0.491. The highest BCUT2D eigenvalue weighted by Crippen LogP contribution is 2.02. The molecule has 0 aliphatic heterocycles. The summed E-state index contributed by atoms with van der Waals surface area (Å²) in [6, 6.07) is 0. The van der Waals surface area contributed by atoms with Crippen LogP contribution in [0.1, 0.15) is 0 Å². The molecule has 1 heterocycles. The van der Waals surface area contributed by atoms with Crippen molar-refractivity contribution in [3.05, 3.63) is 10.5 Å². The fraction of sp³-hybridized carbons (Fsp3) is 0. The van der Waals surface area contributed by atoms with E-state index in [2.05, 4.69) is 10.2 Å². The lowest BCUT2D eigenvalue weighted by molar-refractivity contribution is 0.572. The van der Waals surface area contributed by atoms with Crippen molar-refractivity contribution in [2.75, 3.05) is 0 Å². The Morgan fingerprint density at radius 3 is 1.71 bits per heavy atom. The minimum atomic E-state index is -0.836. The molecule has 0 saturated carbocycles. The number of hydrogen-bond acceptors (Lipinski definition) is 3. The third-order valence-electron chi connectivity index (χ3n) is 0.376. The van der Waals surface area contributed by atoms with Crippen LogP contribution in [-0.2, 0) is 0 Å². The maximum Gasteiger partial charge on any atom is 0.291 e. The van der Waals surface area contributed by atoms with Crippen LogP contribution >= 0.6 is 11.3 Å². The Morgan fingerprint density at radius 1 is 1.14 bits per heavy atom. The molecular weight excluding hydrogens is 122 g/mol. The largest absolute Gasteiger partial charge is 0.291 e. The van der Waals surface area contributed by atoms with Gasteiger partial charge >= 0.3 is 0 Å². The molecule has 0 amide bonds. The highest BCUT2D eigenvalue weighted by atomic mass is 32.1. The van der Waals surface area contributed by atoms with Gasteiger partial charge in [0.1, 0.15) is 0 Å². The number of aromatic nitrogens is 2. The summed E-state index contributed by atoms with van der Waals surface area (Å²) in [7, 11) is 0. The molecule has 38 valence electrons. The number of rotatable bonds is 0. The van der Waals surface area contributed by atoms with Gasteiger partial charge < -0.3 is 0 Å². The molecule has 0 saturated heterocycles. The Morgan fingerprint density at radius 2 is 1.57 bits per heavy atom. The van der Waals surface area contributed by atoms with E-state index >= 15 is 0 Å². The second-order valence-electron chi connectivity index (χ2n) is 0.808. The summed E-state index contributed by atoms with van der Waals surface area (Å²) < 4.78 is 23.1. The summed E-state index contributed by atoms with van der Waals surface area (Å²) in [5, 5.41) is 3.81. The first-order valence-corrected chi connectivity index (χ1v) is 2.25. The maximum atomic E-state index is 11.5. The van der Waals surface area contributed by atoms with Crippen LogP contribution in [0.25, 0.3) is 0 Å². The lowest BCUT2D eigenvalue weighted by Gasteiger charge is -1.57. The van der Waals surface area contributed by atoms with Crippen molar-refractivity contribution in [3.63, 3.8) is 0 Å². The van der Waals surface area contributed by atoms with Gasteiger partial charge in [0.15, 0.2) is 0 Å². The van der Waals surface area contributed by atoms with Crippen molar-refractivity contribution in [3.8, 4) is 0 Å². The normalized spacial score (nSPS) is 9.43. The summed E-state index contributed by atoms with van der Waals surface area (Å²) >= 11 is 0.287. The molecule has 2 nitrogen and oxygen atoms in total. The molecule has 0 N–H and O–H groups in total. The molecule has 1 rings (SSSR count). The highest BCUT2D eigenvalue weighted by Gasteiger charge is 1.97. The zero-order valence-electron chi connectivity index (χ0n) is 3.06. The van der Waals surface area contributed by atoms with E-state index in [4.69, 9.17) is 0 Å². The summed E-state index contributed by atoms with van der Waals surface area (Å²) in [6.45, 7) is 0. The van der Waals surface area contributed by atoms with Crippen molar-refractivity contribution < 1.29 is 8.78 Å². The van der Waals surface area contributed by atoms with Crippen LogP contribution < -0.4 is 0 Å². The Labute approximate surface area is 41.8 Å². The lowest BCUT2D eigenvalue weighted by Crippen LogP contribution is -1.69. The zero-order valence-corrected chi connectivity index (χ0v) is 3.88. The first kappa shape index (κ1) is 4.58. The van der Waals surface area contributed by atoms with Crippen molar-refractivity contribution in [2.24, 2.45) is 0 Å². The van der Waals surface area contributed by atoms with E-state index in [1.165, 1.54) is 0 Å². The summed E-state index contributed by atoms with van der Waals surface area (Å²) in [5.41, 5.74) is 0. The molecule has 0 aromatic carbocycles. The van der Waals surface area contributed by atoms with E-state index in [-0.39, 0.29) is 11.3 Å². The summed E-state index contributed by atoms with van der Waals surface area (Å²) in [6.07, 6.45) is 0. The van der Waals surface area contributed by atoms with Gasteiger partial charge in [-0.05, 0) is 11.3 Å². The second kappa shape index (κ2) is 1.49. The van der Waals surface area contributed by atoms with Crippen LogP contribution in [0.15, 0.2) is 0 Å². The molecule has 1 aromatic heterocycles. The second-order valence-corrected chi connectivity index (χ2v) is 1.69. The molecule has 5 heteroatoms. The van der Waals surface area contributed by atoms with Gasteiger partial charge in [0.05, 0.1) is 0 Å². The van der Waals surface area contributed by atoms with Crippen LogP contribution in [0.2, 0.25) is 0 Å². The molecule has 1 aromatic rings. The van der Waals surface area contributed by atoms with Crippen molar-refractivity contribution >= 4 is 11.3 Å². The van der Waals surface area contributed by atoms with E-state index < -0.39 is 10.5 Å². The minimum absolute atomic E-state index is 0.287. The quantitative estimate of drug-likeness (QED) is 0.509. The lowest BCUT2D eigenvalue weighted by atomic mass is 11.5. The van der Waals surface area contributed by atoms with Crippen LogP contribution in [0.4, 0.5) is 8.78 Å². The third-order valence-corrected chi connectivity index (χ3v) is 0.876. The SMILES string of the molecule is Fc1nnc(F)s1.